The Bertz CT molecular complexity index is 331. The molecule has 0 atom stereocenters. The first kappa shape index (κ1) is 14.1. The minimum absolute atomic E-state index is 0.0200. The molecule has 17 heavy (non-hydrogen) atoms. The first-order valence-corrected chi connectivity index (χ1v) is 5.54. The third-order valence-corrected chi connectivity index (χ3v) is 2.12. The number of nitrogens with one attached hydrogen (secondary N) is 1. The van der Waals surface area contributed by atoms with E-state index in [-0.39, 0.29) is 12.1 Å². The zero-order chi connectivity index (χ0) is 12.9. The molecule has 1 N–H and O–H groups in total. The van der Waals surface area contributed by atoms with Crippen molar-refractivity contribution in [2.24, 2.45) is 0 Å². The van der Waals surface area contributed by atoms with Crippen LogP contribution < -0.4 is 5.32 Å². The molecule has 0 spiro atoms. The lowest BCUT2D eigenvalue weighted by Gasteiger charge is -2.20. The van der Waals surface area contributed by atoms with Crippen molar-refractivity contribution in [1.29, 1.82) is 0 Å². The van der Waals surface area contributed by atoms with Crippen LogP contribution in [-0.2, 0) is 17.9 Å². The standard InChI is InChI=1S/C12H19F2NO2/c1-12(2,3)15-6-10-9(4-5-17-10)7-16-8-11(13)14/h4-5,11,15H,6-8H2,1-3H3. The quantitative estimate of drug-likeness (QED) is 0.839. The molecule has 0 radical (unpaired) electrons. The molecule has 0 aliphatic rings. The largest absolute Gasteiger partial charge is 0.468 e. The van der Waals surface area contributed by atoms with Gasteiger partial charge in [0.05, 0.1) is 19.4 Å². The van der Waals surface area contributed by atoms with E-state index < -0.39 is 13.0 Å². The molecule has 0 unspecified atom stereocenters. The monoisotopic (exact) mass is 247 g/mol. The average Bonchev–Trinajstić information content (AvgIpc) is 2.61. The minimum atomic E-state index is -2.43. The van der Waals surface area contributed by atoms with Crippen LogP contribution in [0.2, 0.25) is 0 Å². The van der Waals surface area contributed by atoms with Gasteiger partial charge in [0.15, 0.2) is 0 Å². The van der Waals surface area contributed by atoms with Crippen molar-refractivity contribution in [3.63, 3.8) is 0 Å². The summed E-state index contributed by atoms with van der Waals surface area (Å²) >= 11 is 0. The number of ether oxygens (including phenoxy) is 1. The molecule has 0 saturated heterocycles. The van der Waals surface area contributed by atoms with E-state index in [1.54, 1.807) is 12.3 Å². The minimum Gasteiger partial charge on any atom is -0.468 e. The molecule has 0 fully saturated rings. The Labute approximate surface area is 100 Å². The van der Waals surface area contributed by atoms with Gasteiger partial charge in [0.2, 0.25) is 0 Å². The lowest BCUT2D eigenvalue weighted by atomic mass is 10.1. The van der Waals surface area contributed by atoms with Crippen molar-refractivity contribution in [2.45, 2.75) is 45.9 Å². The highest BCUT2D eigenvalue weighted by Gasteiger charge is 2.13. The molecule has 5 heteroatoms. The van der Waals surface area contributed by atoms with Crippen LogP contribution >= 0.6 is 0 Å². The van der Waals surface area contributed by atoms with Crippen molar-refractivity contribution < 1.29 is 17.9 Å². The van der Waals surface area contributed by atoms with E-state index in [2.05, 4.69) is 5.32 Å². The third-order valence-electron chi connectivity index (χ3n) is 2.12. The van der Waals surface area contributed by atoms with Gasteiger partial charge in [0.25, 0.3) is 6.43 Å². The van der Waals surface area contributed by atoms with Crippen LogP contribution in [0.25, 0.3) is 0 Å². The van der Waals surface area contributed by atoms with Gasteiger partial charge in [-0.25, -0.2) is 8.78 Å². The van der Waals surface area contributed by atoms with Crippen LogP contribution in [0.1, 0.15) is 32.1 Å². The predicted molar refractivity (Wildman–Crippen MR) is 61.0 cm³/mol. The fraction of sp³-hybridized carbons (Fsp3) is 0.667. The highest BCUT2D eigenvalue weighted by atomic mass is 19.3. The van der Waals surface area contributed by atoms with Gasteiger partial charge in [0, 0.05) is 11.1 Å². The van der Waals surface area contributed by atoms with Gasteiger partial charge in [-0.2, -0.15) is 0 Å². The summed E-state index contributed by atoms with van der Waals surface area (Å²) in [5, 5.41) is 3.27. The van der Waals surface area contributed by atoms with Crippen LogP contribution in [0.15, 0.2) is 16.7 Å². The molecule has 1 aromatic rings. The van der Waals surface area contributed by atoms with Crippen molar-refractivity contribution in [3.8, 4) is 0 Å². The highest BCUT2D eigenvalue weighted by Crippen LogP contribution is 2.13. The fourth-order valence-corrected chi connectivity index (χ4v) is 1.25. The van der Waals surface area contributed by atoms with Gasteiger partial charge >= 0.3 is 0 Å². The van der Waals surface area contributed by atoms with Crippen molar-refractivity contribution >= 4 is 0 Å². The smallest absolute Gasteiger partial charge is 0.261 e. The van der Waals surface area contributed by atoms with Crippen LogP contribution in [0.3, 0.4) is 0 Å². The molecule has 1 heterocycles. The third kappa shape index (κ3) is 5.79. The molecule has 0 amide bonds. The number of hydrogen-bond donors (Lipinski definition) is 1. The summed E-state index contributed by atoms with van der Waals surface area (Å²) < 4.78 is 34.0. The second-order valence-electron chi connectivity index (χ2n) is 4.88. The van der Waals surface area contributed by atoms with E-state index >= 15 is 0 Å². The number of rotatable bonds is 6. The molecular formula is C12H19F2NO2. The molecule has 0 aliphatic heterocycles. The second kappa shape index (κ2) is 6.12. The molecular weight excluding hydrogens is 228 g/mol. The van der Waals surface area contributed by atoms with E-state index in [1.165, 1.54) is 0 Å². The van der Waals surface area contributed by atoms with Crippen molar-refractivity contribution in [1.82, 2.24) is 5.32 Å². The summed E-state index contributed by atoms with van der Waals surface area (Å²) in [6.45, 7) is 6.30. The Morgan fingerprint density at radius 3 is 2.71 bits per heavy atom. The Balaban J connectivity index is 2.43. The Hall–Kier alpha value is -0.940. The van der Waals surface area contributed by atoms with Gasteiger partial charge in [-0.05, 0) is 26.8 Å². The predicted octanol–water partition coefficient (Wildman–Crippen LogP) is 2.95. The number of furan rings is 1. The van der Waals surface area contributed by atoms with Gasteiger partial charge in [-0.3, -0.25) is 0 Å². The van der Waals surface area contributed by atoms with E-state index in [4.69, 9.17) is 9.15 Å². The molecule has 0 aromatic carbocycles. The maximum absolute atomic E-state index is 11.9. The molecule has 0 saturated carbocycles. The Kier molecular flexibility index (Phi) is 5.08. The lowest BCUT2D eigenvalue weighted by Crippen LogP contribution is -2.35. The fourth-order valence-electron chi connectivity index (χ4n) is 1.25. The van der Waals surface area contributed by atoms with Crippen molar-refractivity contribution in [2.75, 3.05) is 6.61 Å². The topological polar surface area (TPSA) is 34.4 Å². The van der Waals surface area contributed by atoms with Gasteiger partial charge in [-0.1, -0.05) is 0 Å². The summed E-state index contributed by atoms with van der Waals surface area (Å²) in [6, 6.07) is 1.74. The second-order valence-corrected chi connectivity index (χ2v) is 4.88. The number of alkyl halides is 2. The molecule has 98 valence electrons. The maximum atomic E-state index is 11.9. The number of halogens is 2. The SMILES string of the molecule is CC(C)(C)NCc1occc1COCC(F)F. The van der Waals surface area contributed by atoms with E-state index in [9.17, 15) is 8.78 Å². The first-order chi connectivity index (χ1) is 7.88. The summed E-state index contributed by atoms with van der Waals surface area (Å²) in [5.74, 6) is 0.731. The van der Waals surface area contributed by atoms with Crippen molar-refractivity contribution in [3.05, 3.63) is 23.7 Å². The zero-order valence-corrected chi connectivity index (χ0v) is 10.4. The van der Waals surface area contributed by atoms with E-state index in [0.29, 0.717) is 6.54 Å². The van der Waals surface area contributed by atoms with Crippen LogP contribution in [-0.4, -0.2) is 18.6 Å². The van der Waals surface area contributed by atoms with Gasteiger partial charge in [0.1, 0.15) is 12.4 Å². The molecule has 0 aliphatic carbocycles. The summed E-state index contributed by atoms with van der Waals surface area (Å²) in [4.78, 5) is 0. The normalized spacial score (nSPS) is 12.4. The van der Waals surface area contributed by atoms with Gasteiger partial charge < -0.3 is 14.5 Å². The summed E-state index contributed by atoms with van der Waals surface area (Å²) in [5.41, 5.74) is 0.788. The Morgan fingerprint density at radius 2 is 2.12 bits per heavy atom. The van der Waals surface area contributed by atoms with Crippen LogP contribution in [0.4, 0.5) is 8.78 Å². The molecule has 1 aromatic heterocycles. The molecule has 1 rings (SSSR count). The maximum Gasteiger partial charge on any atom is 0.261 e. The van der Waals surface area contributed by atoms with Gasteiger partial charge in [-0.15, -0.1) is 0 Å². The average molecular weight is 247 g/mol. The lowest BCUT2D eigenvalue weighted by molar-refractivity contribution is 0.00939. The van der Waals surface area contributed by atoms with E-state index in [0.717, 1.165) is 11.3 Å². The highest BCUT2D eigenvalue weighted by molar-refractivity contribution is 5.16. The zero-order valence-electron chi connectivity index (χ0n) is 10.4. The first-order valence-electron chi connectivity index (χ1n) is 5.54. The molecule has 3 nitrogen and oxygen atoms in total. The Morgan fingerprint density at radius 1 is 1.41 bits per heavy atom. The van der Waals surface area contributed by atoms with E-state index in [1.807, 2.05) is 20.8 Å². The molecule has 0 bridgehead atoms. The summed E-state index contributed by atoms with van der Waals surface area (Å²) in [7, 11) is 0. The van der Waals surface area contributed by atoms with Crippen LogP contribution in [0.5, 0.6) is 0 Å². The van der Waals surface area contributed by atoms with Crippen LogP contribution in [0, 0.1) is 0 Å². The number of hydrogen-bond acceptors (Lipinski definition) is 3. The summed E-state index contributed by atoms with van der Waals surface area (Å²) in [6.07, 6.45) is -0.890.